The summed E-state index contributed by atoms with van der Waals surface area (Å²) < 4.78 is 0. The maximum atomic E-state index is 12.0. The molecule has 0 bridgehead atoms. The molecule has 2 amide bonds. The number of quaternary nitrogens is 1. The van der Waals surface area contributed by atoms with Crippen molar-refractivity contribution in [3.63, 3.8) is 0 Å². The summed E-state index contributed by atoms with van der Waals surface area (Å²) in [5.74, 6) is -0.541. The van der Waals surface area contributed by atoms with E-state index in [2.05, 4.69) is 5.32 Å². The normalized spacial score (nSPS) is 16.8. The van der Waals surface area contributed by atoms with Crippen LogP contribution in [0.3, 0.4) is 0 Å². The summed E-state index contributed by atoms with van der Waals surface area (Å²) in [7, 11) is 0. The zero-order valence-electron chi connectivity index (χ0n) is 10.9. The number of hydrogen-bond acceptors (Lipinski definition) is 3. The van der Waals surface area contributed by atoms with Gasteiger partial charge in [-0.25, -0.2) is 0 Å². The van der Waals surface area contributed by atoms with Crippen LogP contribution in [0.2, 0.25) is 0 Å². The maximum absolute atomic E-state index is 12.0. The first-order valence-corrected chi connectivity index (χ1v) is 7.55. The summed E-state index contributed by atoms with van der Waals surface area (Å²) in [5.41, 5.74) is 5.64. The smallest absolute Gasteiger partial charge is 0.280 e. The number of amides is 2. The lowest BCUT2D eigenvalue weighted by molar-refractivity contribution is -0.890. The van der Waals surface area contributed by atoms with Gasteiger partial charge in [-0.2, -0.15) is 0 Å². The predicted molar refractivity (Wildman–Crippen MR) is 75.5 cm³/mol. The number of thiophene rings is 1. The SMILES string of the molecule is NC(=O)c1ccsc1NC(=O)C[NH+]1CCCCCC1. The number of nitrogens with one attached hydrogen (secondary N) is 2. The molecule has 1 aromatic rings. The quantitative estimate of drug-likeness (QED) is 0.740. The molecule has 1 aliphatic heterocycles. The lowest BCUT2D eigenvalue weighted by Crippen LogP contribution is -3.12. The molecular weight excluding hydrogens is 262 g/mol. The second kappa shape index (κ2) is 6.68. The third kappa shape index (κ3) is 4.04. The molecule has 1 aromatic heterocycles. The number of nitrogens with two attached hydrogens (primary N) is 1. The molecule has 0 aromatic carbocycles. The number of carbonyl (C=O) groups is 2. The third-order valence-corrected chi connectivity index (χ3v) is 4.23. The van der Waals surface area contributed by atoms with Crippen LogP contribution < -0.4 is 16.0 Å². The third-order valence-electron chi connectivity index (χ3n) is 3.40. The minimum atomic E-state index is -0.501. The molecule has 0 spiro atoms. The topological polar surface area (TPSA) is 76.6 Å². The van der Waals surface area contributed by atoms with Gasteiger partial charge in [0, 0.05) is 0 Å². The molecule has 1 fully saturated rings. The van der Waals surface area contributed by atoms with Crippen LogP contribution in [0.4, 0.5) is 5.00 Å². The summed E-state index contributed by atoms with van der Waals surface area (Å²) in [4.78, 5) is 24.5. The largest absolute Gasteiger partial charge is 0.366 e. The van der Waals surface area contributed by atoms with Crippen LogP contribution in [0.25, 0.3) is 0 Å². The van der Waals surface area contributed by atoms with Gasteiger partial charge in [-0.1, -0.05) is 0 Å². The van der Waals surface area contributed by atoms with Gasteiger partial charge in [0.25, 0.3) is 11.8 Å². The van der Waals surface area contributed by atoms with Crippen molar-refractivity contribution in [2.75, 3.05) is 25.0 Å². The second-order valence-corrected chi connectivity index (χ2v) is 5.83. The number of primary amides is 1. The fraction of sp³-hybridized carbons (Fsp3) is 0.538. The van der Waals surface area contributed by atoms with Crippen LogP contribution >= 0.6 is 11.3 Å². The fourth-order valence-electron chi connectivity index (χ4n) is 2.40. The van der Waals surface area contributed by atoms with Crippen molar-refractivity contribution in [3.8, 4) is 0 Å². The van der Waals surface area contributed by atoms with Gasteiger partial charge in [0.15, 0.2) is 6.54 Å². The van der Waals surface area contributed by atoms with Gasteiger partial charge in [0.1, 0.15) is 5.00 Å². The molecular formula is C13H20N3O2S+. The van der Waals surface area contributed by atoms with Gasteiger partial charge in [-0.05, 0) is 37.1 Å². The standard InChI is InChI=1S/C13H19N3O2S/c14-12(18)10-5-8-19-13(10)15-11(17)9-16-6-3-1-2-4-7-16/h5,8H,1-4,6-7,9H2,(H2,14,18)(H,15,17)/p+1. The van der Waals surface area contributed by atoms with Crippen molar-refractivity contribution in [3.05, 3.63) is 17.0 Å². The minimum Gasteiger partial charge on any atom is -0.366 e. The van der Waals surface area contributed by atoms with E-state index in [1.54, 1.807) is 11.4 Å². The lowest BCUT2D eigenvalue weighted by atomic mass is 10.2. The van der Waals surface area contributed by atoms with E-state index in [-0.39, 0.29) is 5.91 Å². The van der Waals surface area contributed by atoms with Gasteiger partial charge in [-0.3, -0.25) is 9.59 Å². The Morgan fingerprint density at radius 1 is 1.26 bits per heavy atom. The van der Waals surface area contributed by atoms with Crippen molar-refractivity contribution in [1.29, 1.82) is 0 Å². The first-order chi connectivity index (χ1) is 9.16. The molecule has 19 heavy (non-hydrogen) atoms. The van der Waals surface area contributed by atoms with Gasteiger partial charge >= 0.3 is 0 Å². The van der Waals surface area contributed by atoms with E-state index in [1.807, 2.05) is 0 Å². The fourth-order valence-corrected chi connectivity index (χ4v) is 3.21. The highest BCUT2D eigenvalue weighted by Crippen LogP contribution is 2.22. The molecule has 2 rings (SSSR count). The van der Waals surface area contributed by atoms with Crippen molar-refractivity contribution in [1.82, 2.24) is 0 Å². The molecule has 6 heteroatoms. The average Bonchev–Trinajstić information content (AvgIpc) is 2.66. The molecule has 4 N–H and O–H groups in total. The Labute approximate surface area is 116 Å². The maximum Gasteiger partial charge on any atom is 0.280 e. The van der Waals surface area contributed by atoms with Crippen molar-refractivity contribution < 1.29 is 14.5 Å². The number of hydrogen-bond donors (Lipinski definition) is 3. The van der Waals surface area contributed by atoms with Crippen molar-refractivity contribution >= 4 is 28.2 Å². The summed E-state index contributed by atoms with van der Waals surface area (Å²) in [6, 6.07) is 1.64. The summed E-state index contributed by atoms with van der Waals surface area (Å²) in [5, 5.41) is 5.12. The average molecular weight is 282 g/mol. The van der Waals surface area contributed by atoms with E-state index in [0.717, 1.165) is 13.1 Å². The number of rotatable bonds is 4. The molecule has 1 saturated heterocycles. The zero-order valence-corrected chi connectivity index (χ0v) is 11.7. The van der Waals surface area contributed by atoms with E-state index >= 15 is 0 Å². The Morgan fingerprint density at radius 2 is 1.95 bits per heavy atom. The van der Waals surface area contributed by atoms with Crippen LogP contribution in [0.1, 0.15) is 36.0 Å². The highest BCUT2D eigenvalue weighted by Gasteiger charge is 2.18. The van der Waals surface area contributed by atoms with Crippen molar-refractivity contribution in [2.45, 2.75) is 25.7 Å². The summed E-state index contributed by atoms with van der Waals surface area (Å²) >= 11 is 1.33. The monoisotopic (exact) mass is 282 g/mol. The van der Waals surface area contributed by atoms with E-state index in [4.69, 9.17) is 5.73 Å². The molecule has 0 aliphatic carbocycles. The second-order valence-electron chi connectivity index (χ2n) is 4.92. The Balaban J connectivity index is 1.89. The minimum absolute atomic E-state index is 0.0400. The molecule has 0 unspecified atom stereocenters. The lowest BCUT2D eigenvalue weighted by Gasteiger charge is -2.16. The number of likely N-dealkylation sites (tertiary alicyclic amines) is 1. The Hall–Kier alpha value is -1.40. The van der Waals surface area contributed by atoms with Gasteiger partial charge in [0.2, 0.25) is 0 Å². The first-order valence-electron chi connectivity index (χ1n) is 6.67. The Kier molecular flexibility index (Phi) is 4.93. The number of anilines is 1. The van der Waals surface area contributed by atoms with Gasteiger partial charge in [-0.15, -0.1) is 11.3 Å². The Morgan fingerprint density at radius 3 is 2.58 bits per heavy atom. The molecule has 2 heterocycles. The van der Waals surface area contributed by atoms with E-state index in [1.165, 1.54) is 41.9 Å². The molecule has 5 nitrogen and oxygen atoms in total. The van der Waals surface area contributed by atoms with Crippen LogP contribution in [0.5, 0.6) is 0 Å². The van der Waals surface area contributed by atoms with Gasteiger partial charge in [0.05, 0.1) is 18.7 Å². The summed E-state index contributed by atoms with van der Waals surface area (Å²) in [6.07, 6.45) is 4.91. The molecule has 0 radical (unpaired) electrons. The van der Waals surface area contributed by atoms with E-state index in [0.29, 0.717) is 17.1 Å². The van der Waals surface area contributed by atoms with Crippen LogP contribution in [0, 0.1) is 0 Å². The Bertz CT molecular complexity index is 450. The molecule has 0 saturated carbocycles. The molecule has 104 valence electrons. The van der Waals surface area contributed by atoms with Crippen LogP contribution in [-0.2, 0) is 4.79 Å². The zero-order chi connectivity index (χ0) is 13.7. The molecule has 1 aliphatic rings. The first kappa shape index (κ1) is 14.0. The van der Waals surface area contributed by atoms with Crippen molar-refractivity contribution in [2.24, 2.45) is 5.73 Å². The summed E-state index contributed by atoms with van der Waals surface area (Å²) in [6.45, 7) is 2.58. The highest BCUT2D eigenvalue weighted by molar-refractivity contribution is 7.14. The van der Waals surface area contributed by atoms with E-state index in [9.17, 15) is 9.59 Å². The molecule has 0 atom stereocenters. The van der Waals surface area contributed by atoms with E-state index < -0.39 is 5.91 Å². The van der Waals surface area contributed by atoms with Crippen LogP contribution in [-0.4, -0.2) is 31.4 Å². The number of carbonyl (C=O) groups excluding carboxylic acids is 2. The van der Waals surface area contributed by atoms with Crippen LogP contribution in [0.15, 0.2) is 11.4 Å². The predicted octanol–water partition coefficient (Wildman–Crippen LogP) is 0.244. The van der Waals surface area contributed by atoms with Gasteiger partial charge < -0.3 is 16.0 Å². The highest BCUT2D eigenvalue weighted by atomic mass is 32.1.